The van der Waals surface area contributed by atoms with Crippen molar-refractivity contribution in [2.45, 2.75) is 37.7 Å². The number of nitrogens with one attached hydrogen (secondary N) is 1. The number of hydrogen-bond donors (Lipinski definition) is 2. The van der Waals surface area contributed by atoms with Crippen LogP contribution in [0.2, 0.25) is 0 Å². The monoisotopic (exact) mass is 384 g/mol. The average molecular weight is 385 g/mol. The van der Waals surface area contributed by atoms with Crippen LogP contribution < -0.4 is 10.2 Å². The van der Waals surface area contributed by atoms with Gasteiger partial charge in [0.25, 0.3) is 0 Å². The van der Waals surface area contributed by atoms with Crippen molar-refractivity contribution in [3.63, 3.8) is 0 Å². The molecule has 0 spiro atoms. The fourth-order valence-electron chi connectivity index (χ4n) is 3.11. The van der Waals surface area contributed by atoms with Crippen LogP contribution in [0.15, 0.2) is 54.6 Å². The minimum atomic E-state index is -0.988. The third-order valence-electron chi connectivity index (χ3n) is 4.76. The van der Waals surface area contributed by atoms with E-state index in [0.717, 1.165) is 5.56 Å². The van der Waals surface area contributed by atoms with E-state index in [2.05, 4.69) is 5.32 Å². The van der Waals surface area contributed by atoms with Crippen LogP contribution in [0, 0.1) is 0 Å². The second-order valence-corrected chi connectivity index (χ2v) is 8.48. The van der Waals surface area contributed by atoms with Crippen LogP contribution in [0.3, 0.4) is 0 Å². The standard InChI is InChI=1S/C21H24N2O3S/c1-14(27-13-18(24)15-9-5-4-6-10-15)19(25)23-17-12-8-7-11-16(17)22-20(26)21(23,2)3/h4-12,14,18,24H,13H2,1-3H3,(H,22,26). The quantitative estimate of drug-likeness (QED) is 0.826. The van der Waals surface area contributed by atoms with Gasteiger partial charge in [-0.15, -0.1) is 11.8 Å². The van der Waals surface area contributed by atoms with Gasteiger partial charge in [-0.1, -0.05) is 42.5 Å². The molecule has 1 aliphatic rings. The first-order valence-corrected chi connectivity index (χ1v) is 9.96. The number of anilines is 2. The first kappa shape index (κ1) is 19.5. The SMILES string of the molecule is CC(SCC(O)c1ccccc1)C(=O)N1c2ccccc2NC(=O)C1(C)C. The molecule has 0 aromatic heterocycles. The molecule has 2 aromatic rings. The third kappa shape index (κ3) is 3.87. The predicted molar refractivity (Wildman–Crippen MR) is 110 cm³/mol. The molecule has 3 rings (SSSR count). The van der Waals surface area contributed by atoms with Crippen LogP contribution in [0.5, 0.6) is 0 Å². The summed E-state index contributed by atoms with van der Waals surface area (Å²) in [6.07, 6.45) is -0.642. The summed E-state index contributed by atoms with van der Waals surface area (Å²) in [7, 11) is 0. The molecule has 0 saturated carbocycles. The van der Waals surface area contributed by atoms with E-state index < -0.39 is 16.9 Å². The number of aliphatic hydroxyl groups is 1. The summed E-state index contributed by atoms with van der Waals surface area (Å²) < 4.78 is 0. The average Bonchev–Trinajstić information content (AvgIpc) is 2.67. The van der Waals surface area contributed by atoms with Gasteiger partial charge in [0.05, 0.1) is 22.7 Å². The summed E-state index contributed by atoms with van der Waals surface area (Å²) in [5.74, 6) is 0.0441. The second-order valence-electron chi connectivity index (χ2n) is 7.11. The van der Waals surface area contributed by atoms with E-state index in [9.17, 15) is 14.7 Å². The predicted octanol–water partition coefficient (Wildman–Crippen LogP) is 3.61. The molecule has 0 radical (unpaired) electrons. The smallest absolute Gasteiger partial charge is 0.250 e. The molecule has 0 aliphatic carbocycles. The van der Waals surface area contributed by atoms with Crippen molar-refractivity contribution in [3.05, 3.63) is 60.2 Å². The minimum Gasteiger partial charge on any atom is -0.388 e. The molecule has 2 aromatic carbocycles. The van der Waals surface area contributed by atoms with E-state index in [1.165, 1.54) is 11.8 Å². The molecule has 5 nitrogen and oxygen atoms in total. The number of hydrogen-bond acceptors (Lipinski definition) is 4. The highest BCUT2D eigenvalue weighted by atomic mass is 32.2. The maximum Gasteiger partial charge on any atom is 0.250 e. The zero-order valence-corrected chi connectivity index (χ0v) is 16.5. The number of benzene rings is 2. The molecule has 0 saturated heterocycles. The summed E-state index contributed by atoms with van der Waals surface area (Å²) in [6, 6.07) is 16.7. The number of para-hydroxylation sites is 2. The second kappa shape index (κ2) is 7.74. The van der Waals surface area contributed by atoms with Crippen molar-refractivity contribution in [3.8, 4) is 0 Å². The van der Waals surface area contributed by atoms with Gasteiger partial charge in [0.2, 0.25) is 11.8 Å². The van der Waals surface area contributed by atoms with Crippen LogP contribution in [-0.2, 0) is 9.59 Å². The Morgan fingerprint density at radius 1 is 1.15 bits per heavy atom. The maximum atomic E-state index is 13.2. The fourth-order valence-corrected chi connectivity index (χ4v) is 4.02. The summed E-state index contributed by atoms with van der Waals surface area (Å²) in [5, 5.41) is 12.8. The fraction of sp³-hybridized carbons (Fsp3) is 0.333. The lowest BCUT2D eigenvalue weighted by molar-refractivity contribution is -0.126. The topological polar surface area (TPSA) is 69.6 Å². The highest BCUT2D eigenvalue weighted by molar-refractivity contribution is 8.00. The Morgan fingerprint density at radius 2 is 1.78 bits per heavy atom. The Labute approximate surface area is 163 Å². The lowest BCUT2D eigenvalue weighted by Gasteiger charge is -2.43. The van der Waals surface area contributed by atoms with Crippen molar-refractivity contribution >= 4 is 35.0 Å². The van der Waals surface area contributed by atoms with E-state index in [4.69, 9.17) is 0 Å². The van der Waals surface area contributed by atoms with Crippen molar-refractivity contribution in [1.82, 2.24) is 0 Å². The number of thioether (sulfide) groups is 1. The molecule has 1 heterocycles. The highest BCUT2D eigenvalue weighted by Crippen LogP contribution is 2.38. The lowest BCUT2D eigenvalue weighted by atomic mass is 9.96. The van der Waals surface area contributed by atoms with Gasteiger partial charge in [-0.3, -0.25) is 14.5 Å². The van der Waals surface area contributed by atoms with E-state index >= 15 is 0 Å². The Kier molecular flexibility index (Phi) is 5.58. The van der Waals surface area contributed by atoms with Crippen LogP contribution >= 0.6 is 11.8 Å². The van der Waals surface area contributed by atoms with Crippen LogP contribution in [0.25, 0.3) is 0 Å². The molecule has 1 aliphatic heterocycles. The van der Waals surface area contributed by atoms with Gasteiger partial charge >= 0.3 is 0 Å². The molecule has 6 heteroatoms. The summed E-state index contributed by atoms with van der Waals surface area (Å²) >= 11 is 1.38. The maximum absolute atomic E-state index is 13.2. The Hall–Kier alpha value is -2.31. The third-order valence-corrected chi connectivity index (χ3v) is 5.97. The number of carbonyl (C=O) groups excluding carboxylic acids is 2. The van der Waals surface area contributed by atoms with E-state index in [1.54, 1.807) is 24.8 Å². The van der Waals surface area contributed by atoms with Crippen molar-refractivity contribution in [2.24, 2.45) is 0 Å². The Balaban J connectivity index is 1.76. The van der Waals surface area contributed by atoms with Gasteiger partial charge in [-0.2, -0.15) is 0 Å². The Morgan fingerprint density at radius 3 is 2.48 bits per heavy atom. The van der Waals surface area contributed by atoms with E-state index in [-0.39, 0.29) is 11.8 Å². The number of nitrogens with zero attached hydrogens (tertiary/aromatic N) is 1. The summed E-state index contributed by atoms with van der Waals surface area (Å²) in [4.78, 5) is 27.3. The van der Waals surface area contributed by atoms with Crippen LogP contribution in [-0.4, -0.2) is 33.5 Å². The van der Waals surface area contributed by atoms with Crippen molar-refractivity contribution < 1.29 is 14.7 Å². The van der Waals surface area contributed by atoms with E-state index in [1.807, 2.05) is 55.5 Å². The molecule has 0 bridgehead atoms. The number of rotatable bonds is 5. The zero-order chi connectivity index (χ0) is 19.6. The summed E-state index contributed by atoms with van der Waals surface area (Å²) in [5.41, 5.74) is 1.17. The zero-order valence-electron chi connectivity index (χ0n) is 15.7. The first-order valence-electron chi connectivity index (χ1n) is 8.91. The molecule has 2 unspecified atom stereocenters. The van der Waals surface area contributed by atoms with Gasteiger partial charge in [0, 0.05) is 5.75 Å². The summed E-state index contributed by atoms with van der Waals surface area (Å²) in [6.45, 7) is 5.30. The van der Waals surface area contributed by atoms with Gasteiger partial charge < -0.3 is 10.4 Å². The largest absolute Gasteiger partial charge is 0.388 e. The first-order chi connectivity index (χ1) is 12.8. The molecule has 2 amide bonds. The Bertz CT molecular complexity index is 838. The highest BCUT2D eigenvalue weighted by Gasteiger charge is 2.44. The van der Waals surface area contributed by atoms with Gasteiger partial charge in [-0.05, 0) is 38.5 Å². The molecule has 142 valence electrons. The molecule has 27 heavy (non-hydrogen) atoms. The lowest BCUT2D eigenvalue weighted by Crippen LogP contribution is -2.60. The number of aliphatic hydroxyl groups excluding tert-OH is 1. The molecular formula is C21H24N2O3S. The minimum absolute atomic E-state index is 0.146. The van der Waals surface area contributed by atoms with Crippen LogP contribution in [0.1, 0.15) is 32.4 Å². The van der Waals surface area contributed by atoms with Crippen molar-refractivity contribution in [2.75, 3.05) is 16.0 Å². The van der Waals surface area contributed by atoms with Gasteiger partial charge in [0.15, 0.2) is 0 Å². The normalized spacial score (nSPS) is 17.6. The number of carbonyl (C=O) groups is 2. The number of amides is 2. The molecule has 0 fully saturated rings. The van der Waals surface area contributed by atoms with Gasteiger partial charge in [-0.25, -0.2) is 0 Å². The molecule has 2 atom stereocenters. The van der Waals surface area contributed by atoms with Gasteiger partial charge in [0.1, 0.15) is 5.54 Å². The molecule has 2 N–H and O–H groups in total. The van der Waals surface area contributed by atoms with Crippen LogP contribution in [0.4, 0.5) is 11.4 Å². The molecular weight excluding hydrogens is 360 g/mol. The van der Waals surface area contributed by atoms with Crippen molar-refractivity contribution in [1.29, 1.82) is 0 Å². The number of fused-ring (bicyclic) bond motifs is 1. The van der Waals surface area contributed by atoms with E-state index in [0.29, 0.717) is 17.1 Å².